The molecule has 0 spiro atoms. The molecule has 0 radical (unpaired) electrons. The quantitative estimate of drug-likeness (QED) is 0.451. The van der Waals surface area contributed by atoms with Crippen molar-refractivity contribution < 1.29 is 23.4 Å². The molecule has 0 aliphatic heterocycles. The predicted octanol–water partition coefficient (Wildman–Crippen LogP) is 4.64. The lowest BCUT2D eigenvalue weighted by molar-refractivity contribution is -0.202. The van der Waals surface area contributed by atoms with Crippen molar-refractivity contribution in [2.24, 2.45) is 52.3 Å². The Morgan fingerprint density at radius 3 is 2.31 bits per heavy atom. The van der Waals surface area contributed by atoms with Gasteiger partial charge in [-0.1, -0.05) is 34.1 Å². The van der Waals surface area contributed by atoms with Crippen LogP contribution in [0.15, 0.2) is 0 Å². The van der Waals surface area contributed by atoms with Crippen LogP contribution in [0.25, 0.3) is 0 Å². The van der Waals surface area contributed by atoms with Gasteiger partial charge in [0, 0.05) is 5.92 Å². The number of aliphatic hydroxyl groups excluding tert-OH is 2. The Balaban J connectivity index is 1.28. The highest BCUT2D eigenvalue weighted by Crippen LogP contribution is 2.69. The summed E-state index contributed by atoms with van der Waals surface area (Å²) < 4.78 is 26.7. The summed E-state index contributed by atoms with van der Waals surface area (Å²) >= 11 is 0. The third kappa shape index (κ3) is 4.37. The number of hydrogen-bond donors (Lipinski definition) is 3. The molecule has 7 heteroatoms. The Kier molecular flexibility index (Phi) is 7.12. The molecular formula is C29H49NO5S. The van der Waals surface area contributed by atoms with E-state index in [4.69, 9.17) is 0 Å². The van der Waals surface area contributed by atoms with Crippen molar-refractivity contribution >= 4 is 15.9 Å². The fraction of sp³-hybridized carbons (Fsp3) is 0.966. The van der Waals surface area contributed by atoms with Crippen molar-refractivity contribution in [3.05, 3.63) is 0 Å². The lowest BCUT2D eigenvalue weighted by Crippen LogP contribution is -2.62. The van der Waals surface area contributed by atoms with Crippen molar-refractivity contribution in [2.45, 2.75) is 122 Å². The zero-order valence-corrected chi connectivity index (χ0v) is 23.6. The maximum absolute atomic E-state index is 12.6. The average Bonchev–Trinajstić information content (AvgIpc) is 3.63. The van der Waals surface area contributed by atoms with Gasteiger partial charge in [0.2, 0.25) is 15.9 Å². The summed E-state index contributed by atoms with van der Waals surface area (Å²) in [5.74, 6) is 1.91. The van der Waals surface area contributed by atoms with Crippen molar-refractivity contribution in [3.8, 4) is 0 Å². The number of fused-ring (bicyclic) bond motifs is 5. The number of rotatable bonds is 7. The monoisotopic (exact) mass is 523 g/mol. The van der Waals surface area contributed by atoms with E-state index in [1.165, 1.54) is 6.42 Å². The Bertz CT molecular complexity index is 949. The summed E-state index contributed by atoms with van der Waals surface area (Å²) in [5, 5.41) is 21.9. The lowest BCUT2D eigenvalue weighted by Gasteiger charge is -2.64. The van der Waals surface area contributed by atoms with Crippen LogP contribution in [0.1, 0.15) is 105 Å². The van der Waals surface area contributed by atoms with E-state index in [1.807, 2.05) is 6.92 Å². The smallest absolute Gasteiger partial charge is 0.237 e. The highest BCUT2D eigenvalue weighted by molar-refractivity contribution is 7.90. The van der Waals surface area contributed by atoms with Gasteiger partial charge in [-0.05, 0) is 117 Å². The molecule has 0 saturated heterocycles. The topological polar surface area (TPSA) is 104 Å². The van der Waals surface area contributed by atoms with Crippen molar-refractivity contribution in [3.63, 3.8) is 0 Å². The molecule has 5 aliphatic carbocycles. The molecule has 0 unspecified atom stereocenters. The molecule has 5 saturated carbocycles. The van der Waals surface area contributed by atoms with Crippen LogP contribution in [0.2, 0.25) is 0 Å². The van der Waals surface area contributed by atoms with E-state index in [1.54, 1.807) is 0 Å². The maximum atomic E-state index is 12.6. The molecule has 11 atom stereocenters. The summed E-state index contributed by atoms with van der Waals surface area (Å²) in [5.41, 5.74) is 0.386. The zero-order valence-electron chi connectivity index (χ0n) is 22.8. The third-order valence-corrected chi connectivity index (χ3v) is 14.0. The van der Waals surface area contributed by atoms with Crippen LogP contribution in [0.5, 0.6) is 0 Å². The predicted molar refractivity (Wildman–Crippen MR) is 140 cm³/mol. The fourth-order valence-corrected chi connectivity index (χ4v) is 11.2. The second-order valence-electron chi connectivity index (χ2n) is 13.9. The Hall–Kier alpha value is -0.660. The standard InChI is InChI=1S/C29H49NO5S/c1-5-21-24-16-19(31)12-14-29(24,4)23-13-15-28(3)18(8-11-22(28)25(23)26(21)32)7-6-17(2)27(33)30-36(34,35)20-9-10-20/h17-26,31-32H,5-16H2,1-4H3,(H,30,33)/t17-,18+,19-,21-,22+,23+,24+,25+,26-,28-,29-/m1/s1. The van der Waals surface area contributed by atoms with Gasteiger partial charge in [-0.2, -0.15) is 0 Å². The van der Waals surface area contributed by atoms with Crippen LogP contribution < -0.4 is 4.72 Å². The summed E-state index contributed by atoms with van der Waals surface area (Å²) in [7, 11) is -3.49. The van der Waals surface area contributed by atoms with Gasteiger partial charge >= 0.3 is 0 Å². The number of hydrogen-bond acceptors (Lipinski definition) is 5. The molecule has 5 fully saturated rings. The molecular weight excluding hydrogens is 474 g/mol. The van der Waals surface area contributed by atoms with Gasteiger partial charge in [0.15, 0.2) is 0 Å². The number of carbonyl (C=O) groups excluding carboxylic acids is 1. The van der Waals surface area contributed by atoms with Crippen LogP contribution in [0, 0.1) is 52.3 Å². The van der Waals surface area contributed by atoms with Crippen molar-refractivity contribution in [1.82, 2.24) is 4.72 Å². The fourth-order valence-electron chi connectivity index (χ4n) is 9.83. The minimum Gasteiger partial charge on any atom is -0.393 e. The van der Waals surface area contributed by atoms with Crippen molar-refractivity contribution in [1.29, 1.82) is 0 Å². The summed E-state index contributed by atoms with van der Waals surface area (Å²) in [4.78, 5) is 12.6. The SMILES string of the molecule is CC[C@H]1[C@@H](O)[C@@H]2[C@H](CC[C@]3(C)[C@@H](CC[C@@H](C)C(=O)NS(=O)(=O)C4CC4)CC[C@@H]23)[C@@]2(C)CC[C@@H](O)C[C@@H]12. The van der Waals surface area contributed by atoms with Gasteiger partial charge in [-0.25, -0.2) is 8.42 Å². The number of sulfonamides is 1. The molecule has 0 aromatic heterocycles. The first-order valence-corrected chi connectivity index (χ1v) is 16.4. The van der Waals surface area contributed by atoms with Gasteiger partial charge in [0.25, 0.3) is 0 Å². The summed E-state index contributed by atoms with van der Waals surface area (Å²) in [6, 6.07) is 0. The Labute approximate surface area is 218 Å². The number of carbonyl (C=O) groups is 1. The van der Waals surface area contributed by atoms with E-state index in [-0.39, 0.29) is 46.0 Å². The van der Waals surface area contributed by atoms with E-state index in [0.717, 1.165) is 51.4 Å². The highest BCUT2D eigenvalue weighted by atomic mass is 32.2. The van der Waals surface area contributed by atoms with Crippen LogP contribution in [-0.4, -0.2) is 42.0 Å². The lowest BCUT2D eigenvalue weighted by atomic mass is 9.41. The highest BCUT2D eigenvalue weighted by Gasteiger charge is 2.64. The van der Waals surface area contributed by atoms with E-state index in [2.05, 4.69) is 25.5 Å². The van der Waals surface area contributed by atoms with E-state index < -0.39 is 10.0 Å². The molecule has 0 aromatic carbocycles. The Morgan fingerprint density at radius 1 is 0.972 bits per heavy atom. The minimum atomic E-state index is -3.49. The van der Waals surface area contributed by atoms with Gasteiger partial charge in [0.05, 0.1) is 17.5 Å². The molecule has 0 heterocycles. The summed E-state index contributed by atoms with van der Waals surface area (Å²) in [6.07, 6.45) is 10.9. The van der Waals surface area contributed by atoms with E-state index >= 15 is 0 Å². The zero-order chi connectivity index (χ0) is 26.0. The third-order valence-electron chi connectivity index (χ3n) is 12.2. The number of nitrogens with one attached hydrogen (secondary N) is 1. The van der Waals surface area contributed by atoms with Gasteiger partial charge < -0.3 is 10.2 Å². The summed E-state index contributed by atoms with van der Waals surface area (Å²) in [6.45, 7) is 8.99. The normalized spacial score (nSPS) is 47.4. The molecule has 36 heavy (non-hydrogen) atoms. The first-order valence-electron chi connectivity index (χ1n) is 14.8. The molecule has 1 amide bonds. The Morgan fingerprint density at radius 2 is 1.64 bits per heavy atom. The van der Waals surface area contributed by atoms with E-state index in [9.17, 15) is 23.4 Å². The van der Waals surface area contributed by atoms with Crippen LogP contribution >= 0.6 is 0 Å². The van der Waals surface area contributed by atoms with Gasteiger partial charge in [-0.3, -0.25) is 9.52 Å². The first-order chi connectivity index (χ1) is 16.9. The molecule has 5 rings (SSSR count). The maximum Gasteiger partial charge on any atom is 0.237 e. The minimum absolute atomic E-state index is 0.175. The average molecular weight is 524 g/mol. The number of amides is 1. The molecule has 6 nitrogen and oxygen atoms in total. The van der Waals surface area contributed by atoms with Gasteiger partial charge in [-0.15, -0.1) is 0 Å². The van der Waals surface area contributed by atoms with E-state index in [0.29, 0.717) is 48.9 Å². The molecule has 3 N–H and O–H groups in total. The van der Waals surface area contributed by atoms with Crippen molar-refractivity contribution in [2.75, 3.05) is 0 Å². The van der Waals surface area contributed by atoms with Crippen LogP contribution in [-0.2, 0) is 14.8 Å². The molecule has 0 bridgehead atoms. The van der Waals surface area contributed by atoms with Gasteiger partial charge in [0.1, 0.15) is 0 Å². The van der Waals surface area contributed by atoms with Crippen LogP contribution in [0.3, 0.4) is 0 Å². The second kappa shape index (κ2) is 9.51. The first kappa shape index (κ1) is 26.9. The molecule has 0 aromatic rings. The second-order valence-corrected chi connectivity index (χ2v) is 15.9. The largest absolute Gasteiger partial charge is 0.393 e. The molecule has 5 aliphatic rings. The molecule has 206 valence electrons. The van der Waals surface area contributed by atoms with Crippen LogP contribution in [0.4, 0.5) is 0 Å². The number of aliphatic hydroxyl groups is 2.